The van der Waals surface area contributed by atoms with E-state index in [9.17, 15) is 14.7 Å². The van der Waals surface area contributed by atoms with Gasteiger partial charge in [0, 0.05) is 6.07 Å². The number of rotatable bonds is 7. The predicted octanol–water partition coefficient (Wildman–Crippen LogP) is 4.45. The van der Waals surface area contributed by atoms with Gasteiger partial charge < -0.3 is 19.0 Å². The van der Waals surface area contributed by atoms with Crippen LogP contribution in [0.5, 0.6) is 17.2 Å². The maximum atomic E-state index is 12.5. The van der Waals surface area contributed by atoms with Gasteiger partial charge in [0.05, 0.1) is 17.6 Å². The molecule has 0 spiro atoms. The van der Waals surface area contributed by atoms with E-state index in [4.69, 9.17) is 13.9 Å². The van der Waals surface area contributed by atoms with Crippen LogP contribution in [0, 0.1) is 0 Å². The van der Waals surface area contributed by atoms with E-state index in [0.717, 1.165) is 6.42 Å². The molecule has 3 rings (SSSR count). The largest absolute Gasteiger partial charge is 0.508 e. The van der Waals surface area contributed by atoms with E-state index in [2.05, 4.69) is 0 Å². The van der Waals surface area contributed by atoms with E-state index in [1.807, 2.05) is 19.1 Å². The number of allylic oxidation sites excluding steroid dienone is 1. The number of hydrogen-bond acceptors (Lipinski definition) is 6. The molecule has 0 saturated heterocycles. The standard InChI is InChI=1S/C22H20O6/c1-2-3-4-8-13-26-20-19(28-21(24)15-9-6-5-7-10-15)17-12-11-16(23)14-18(17)27-22(20)25/h3-7,9-12,14,23H,2,8,13H2,1H3. The molecule has 144 valence electrons. The normalized spacial score (nSPS) is 11.0. The minimum Gasteiger partial charge on any atom is -0.508 e. The number of hydrogen-bond donors (Lipinski definition) is 1. The Kier molecular flexibility index (Phi) is 6.11. The monoisotopic (exact) mass is 380 g/mol. The summed E-state index contributed by atoms with van der Waals surface area (Å²) in [5.41, 5.74) is -0.355. The molecule has 6 heteroatoms. The van der Waals surface area contributed by atoms with E-state index < -0.39 is 11.6 Å². The molecule has 0 aliphatic rings. The van der Waals surface area contributed by atoms with Crippen LogP contribution < -0.4 is 15.1 Å². The molecule has 6 nitrogen and oxygen atoms in total. The van der Waals surface area contributed by atoms with Crippen LogP contribution in [0.15, 0.2) is 69.9 Å². The maximum Gasteiger partial charge on any atom is 0.383 e. The number of carbonyl (C=O) groups is 1. The van der Waals surface area contributed by atoms with Crippen molar-refractivity contribution in [2.45, 2.75) is 19.8 Å². The maximum absolute atomic E-state index is 12.5. The van der Waals surface area contributed by atoms with Crippen LogP contribution in [0.3, 0.4) is 0 Å². The lowest BCUT2D eigenvalue weighted by molar-refractivity contribution is 0.0729. The Labute approximate surface area is 161 Å². The number of aromatic hydroxyl groups is 1. The Hall–Kier alpha value is -3.54. The molecule has 28 heavy (non-hydrogen) atoms. The fourth-order valence-electron chi connectivity index (χ4n) is 2.61. The zero-order chi connectivity index (χ0) is 19.9. The third-order valence-electron chi connectivity index (χ3n) is 3.94. The van der Waals surface area contributed by atoms with Gasteiger partial charge in [0.2, 0.25) is 5.75 Å². The molecule has 2 aromatic carbocycles. The third-order valence-corrected chi connectivity index (χ3v) is 3.94. The van der Waals surface area contributed by atoms with Crippen LogP contribution >= 0.6 is 0 Å². The first-order valence-electron chi connectivity index (χ1n) is 8.95. The van der Waals surface area contributed by atoms with Crippen LogP contribution in [0.25, 0.3) is 11.0 Å². The molecular weight excluding hydrogens is 360 g/mol. The number of benzene rings is 2. The number of ether oxygens (including phenoxy) is 2. The number of carbonyl (C=O) groups excluding carboxylic acids is 1. The Morgan fingerprint density at radius 3 is 2.64 bits per heavy atom. The lowest BCUT2D eigenvalue weighted by Gasteiger charge is -2.12. The Balaban J connectivity index is 2.00. The average Bonchev–Trinajstić information content (AvgIpc) is 2.70. The molecule has 0 aliphatic heterocycles. The summed E-state index contributed by atoms with van der Waals surface area (Å²) in [7, 11) is 0. The van der Waals surface area contributed by atoms with Gasteiger partial charge in [-0.2, -0.15) is 0 Å². The summed E-state index contributed by atoms with van der Waals surface area (Å²) in [4.78, 5) is 25.0. The lowest BCUT2D eigenvalue weighted by atomic mass is 10.2. The van der Waals surface area contributed by atoms with Crippen LogP contribution in [0.4, 0.5) is 0 Å². The number of esters is 1. The van der Waals surface area contributed by atoms with Gasteiger partial charge >= 0.3 is 11.6 Å². The van der Waals surface area contributed by atoms with Gasteiger partial charge in [0.15, 0.2) is 5.75 Å². The summed E-state index contributed by atoms with van der Waals surface area (Å²) in [6, 6.07) is 12.6. The molecule has 1 aromatic heterocycles. The van der Waals surface area contributed by atoms with Crippen molar-refractivity contribution >= 4 is 16.9 Å². The van der Waals surface area contributed by atoms with Gasteiger partial charge in [-0.15, -0.1) is 0 Å². The van der Waals surface area contributed by atoms with Crippen LogP contribution in [-0.4, -0.2) is 17.7 Å². The quantitative estimate of drug-likeness (QED) is 0.282. The topological polar surface area (TPSA) is 86.0 Å². The van der Waals surface area contributed by atoms with Crippen molar-refractivity contribution in [2.75, 3.05) is 6.61 Å². The fourth-order valence-corrected chi connectivity index (χ4v) is 2.61. The van der Waals surface area contributed by atoms with E-state index in [-0.39, 0.29) is 29.4 Å². The summed E-state index contributed by atoms with van der Waals surface area (Å²) in [6.07, 6.45) is 5.43. The van der Waals surface area contributed by atoms with E-state index >= 15 is 0 Å². The molecular formula is C22H20O6. The van der Waals surface area contributed by atoms with E-state index in [0.29, 0.717) is 17.4 Å². The SMILES string of the molecule is CCC=CCCOc1c(OC(=O)c2ccccc2)c2ccc(O)cc2oc1=O. The average molecular weight is 380 g/mol. The van der Waals surface area contributed by atoms with E-state index in [1.165, 1.54) is 18.2 Å². The molecule has 0 aliphatic carbocycles. The minimum atomic E-state index is -0.784. The summed E-state index contributed by atoms with van der Waals surface area (Å²) in [5.74, 6) is -0.905. The molecule has 1 N–H and O–H groups in total. The van der Waals surface area contributed by atoms with E-state index in [1.54, 1.807) is 30.3 Å². The summed E-state index contributed by atoms with van der Waals surface area (Å²) in [6.45, 7) is 2.24. The first-order valence-corrected chi connectivity index (χ1v) is 8.95. The second-order valence-electron chi connectivity index (χ2n) is 6.00. The number of fused-ring (bicyclic) bond motifs is 1. The van der Waals surface area contributed by atoms with Gasteiger partial charge in [-0.25, -0.2) is 9.59 Å². The van der Waals surface area contributed by atoms with Crippen molar-refractivity contribution in [3.63, 3.8) is 0 Å². The second kappa shape index (κ2) is 8.90. The molecule has 0 atom stereocenters. The van der Waals surface area contributed by atoms with Crippen molar-refractivity contribution in [2.24, 2.45) is 0 Å². The Morgan fingerprint density at radius 2 is 1.89 bits per heavy atom. The highest BCUT2D eigenvalue weighted by Crippen LogP contribution is 2.35. The van der Waals surface area contributed by atoms with Crippen molar-refractivity contribution < 1.29 is 23.8 Å². The molecule has 0 amide bonds. The van der Waals surface area contributed by atoms with Crippen LogP contribution in [0.1, 0.15) is 30.1 Å². The predicted molar refractivity (Wildman–Crippen MR) is 105 cm³/mol. The number of phenolic OH excluding ortho intramolecular Hbond substituents is 1. The summed E-state index contributed by atoms with van der Waals surface area (Å²) >= 11 is 0. The smallest absolute Gasteiger partial charge is 0.383 e. The van der Waals surface area contributed by atoms with Gasteiger partial charge in [0.1, 0.15) is 11.3 Å². The Bertz CT molecular complexity index is 1050. The third kappa shape index (κ3) is 4.40. The fraction of sp³-hybridized carbons (Fsp3) is 0.182. The highest BCUT2D eigenvalue weighted by molar-refractivity contribution is 5.95. The van der Waals surface area contributed by atoms with Gasteiger partial charge in [-0.1, -0.05) is 37.3 Å². The summed E-state index contributed by atoms with van der Waals surface area (Å²) < 4.78 is 16.3. The van der Waals surface area contributed by atoms with Crippen molar-refractivity contribution in [3.05, 3.63) is 76.7 Å². The first kappa shape index (κ1) is 19.2. The molecule has 3 aromatic rings. The molecule has 0 unspecified atom stereocenters. The van der Waals surface area contributed by atoms with Gasteiger partial charge in [-0.05, 0) is 37.1 Å². The molecule has 0 fully saturated rings. The highest BCUT2D eigenvalue weighted by Gasteiger charge is 2.21. The number of phenols is 1. The van der Waals surface area contributed by atoms with Crippen molar-refractivity contribution in [3.8, 4) is 17.2 Å². The van der Waals surface area contributed by atoms with Gasteiger partial charge in [0.25, 0.3) is 0 Å². The van der Waals surface area contributed by atoms with Crippen LogP contribution in [0.2, 0.25) is 0 Å². The lowest BCUT2D eigenvalue weighted by Crippen LogP contribution is -2.14. The zero-order valence-corrected chi connectivity index (χ0v) is 15.4. The molecule has 0 bridgehead atoms. The first-order chi connectivity index (χ1) is 13.6. The molecule has 0 saturated carbocycles. The van der Waals surface area contributed by atoms with Crippen LogP contribution in [-0.2, 0) is 0 Å². The molecule has 0 radical (unpaired) electrons. The minimum absolute atomic E-state index is 0.0282. The van der Waals surface area contributed by atoms with Crippen molar-refractivity contribution in [1.29, 1.82) is 0 Å². The van der Waals surface area contributed by atoms with Gasteiger partial charge in [-0.3, -0.25) is 0 Å². The van der Waals surface area contributed by atoms with Crippen molar-refractivity contribution in [1.82, 2.24) is 0 Å². The Morgan fingerprint density at radius 1 is 1.11 bits per heavy atom. The highest BCUT2D eigenvalue weighted by atomic mass is 16.6. The summed E-state index contributed by atoms with van der Waals surface area (Å²) in [5, 5.41) is 10.0. The molecule has 1 heterocycles. The second-order valence-corrected chi connectivity index (χ2v) is 6.00. The zero-order valence-electron chi connectivity index (χ0n) is 15.4.